The fraction of sp³-hybridized carbons (Fsp3) is 0.381. The summed E-state index contributed by atoms with van der Waals surface area (Å²) in [7, 11) is -7.06. The highest BCUT2D eigenvalue weighted by atomic mass is 32.2. The molecule has 0 aliphatic carbocycles. The highest BCUT2D eigenvalue weighted by molar-refractivity contribution is 8.00. The van der Waals surface area contributed by atoms with Crippen LogP contribution in [-0.2, 0) is 19.9 Å². The summed E-state index contributed by atoms with van der Waals surface area (Å²) >= 11 is 1.75. The summed E-state index contributed by atoms with van der Waals surface area (Å²) < 4.78 is 50.9. The number of sulfone groups is 1. The molecule has 2 aromatic rings. The van der Waals surface area contributed by atoms with Crippen molar-refractivity contribution in [3.8, 4) is 0 Å². The van der Waals surface area contributed by atoms with Crippen molar-refractivity contribution < 1.29 is 21.6 Å². The highest BCUT2D eigenvalue weighted by Crippen LogP contribution is 2.37. The van der Waals surface area contributed by atoms with Crippen LogP contribution in [0.3, 0.4) is 0 Å². The van der Waals surface area contributed by atoms with Crippen LogP contribution in [0.15, 0.2) is 58.3 Å². The van der Waals surface area contributed by atoms with Crippen LogP contribution < -0.4 is 9.62 Å². The van der Waals surface area contributed by atoms with Gasteiger partial charge in [0.1, 0.15) is 0 Å². The second-order valence-corrected chi connectivity index (χ2v) is 13.3. The van der Waals surface area contributed by atoms with E-state index in [1.54, 1.807) is 16.7 Å². The molecule has 1 saturated heterocycles. The molecule has 10 heteroatoms. The van der Waals surface area contributed by atoms with E-state index < -0.39 is 25.9 Å². The van der Waals surface area contributed by atoms with Crippen LogP contribution in [-0.4, -0.2) is 52.1 Å². The Morgan fingerprint density at radius 1 is 1.10 bits per heavy atom. The molecule has 2 heterocycles. The van der Waals surface area contributed by atoms with E-state index in [2.05, 4.69) is 11.6 Å². The molecular formula is C21H24N2O5S3. The monoisotopic (exact) mass is 480 g/mol. The lowest BCUT2D eigenvalue weighted by atomic mass is 10.1. The minimum Gasteiger partial charge on any atom is -0.307 e. The number of nitrogens with one attached hydrogen (secondary N) is 1. The molecule has 7 nitrogen and oxygen atoms in total. The summed E-state index contributed by atoms with van der Waals surface area (Å²) in [5.41, 5.74) is 1.26. The Balaban J connectivity index is 1.54. The van der Waals surface area contributed by atoms with E-state index in [9.17, 15) is 21.6 Å². The zero-order valence-corrected chi connectivity index (χ0v) is 19.5. The predicted octanol–water partition coefficient (Wildman–Crippen LogP) is 2.68. The summed E-state index contributed by atoms with van der Waals surface area (Å²) in [5.74, 6) is -0.379. The predicted molar refractivity (Wildman–Crippen MR) is 122 cm³/mol. The number of nitrogens with zero attached hydrogens (tertiary/aromatic N) is 1. The summed E-state index contributed by atoms with van der Waals surface area (Å²) in [6.45, 7) is 2.72. The molecule has 2 atom stereocenters. The third-order valence-electron chi connectivity index (χ3n) is 5.45. The van der Waals surface area contributed by atoms with E-state index in [0.717, 1.165) is 17.0 Å². The molecule has 0 bridgehead atoms. The number of hydrogen-bond donors (Lipinski definition) is 1. The lowest BCUT2D eigenvalue weighted by Gasteiger charge is -2.22. The van der Waals surface area contributed by atoms with E-state index in [0.29, 0.717) is 17.4 Å². The van der Waals surface area contributed by atoms with Crippen LogP contribution in [0.4, 0.5) is 5.69 Å². The number of anilines is 1. The van der Waals surface area contributed by atoms with Gasteiger partial charge in [-0.15, -0.1) is 11.8 Å². The summed E-state index contributed by atoms with van der Waals surface area (Å²) in [4.78, 5) is 16.0. The Bertz CT molecular complexity index is 1190. The average Bonchev–Trinajstić information content (AvgIpc) is 2.96. The molecule has 31 heavy (non-hydrogen) atoms. The largest absolute Gasteiger partial charge is 0.307 e. The van der Waals surface area contributed by atoms with Gasteiger partial charge >= 0.3 is 0 Å². The van der Waals surface area contributed by atoms with Crippen molar-refractivity contribution in [2.75, 3.05) is 23.0 Å². The molecule has 1 amide bonds. The Labute approximate surface area is 187 Å². The van der Waals surface area contributed by atoms with Gasteiger partial charge in [-0.05, 0) is 49.2 Å². The quantitative estimate of drug-likeness (QED) is 0.722. The second-order valence-electron chi connectivity index (χ2n) is 7.89. The Kier molecular flexibility index (Phi) is 6.17. The van der Waals surface area contributed by atoms with Crippen LogP contribution >= 0.6 is 11.8 Å². The zero-order chi connectivity index (χ0) is 22.2. The van der Waals surface area contributed by atoms with E-state index >= 15 is 0 Å². The number of rotatable bonds is 4. The third-order valence-corrected chi connectivity index (χ3v) is 10.00. The molecule has 2 aliphatic heterocycles. The lowest BCUT2D eigenvalue weighted by molar-refractivity contribution is 0.0986. The van der Waals surface area contributed by atoms with Gasteiger partial charge in [0.05, 0.1) is 22.1 Å². The van der Waals surface area contributed by atoms with Gasteiger partial charge in [-0.25, -0.2) is 21.6 Å². The van der Waals surface area contributed by atoms with E-state index in [1.807, 2.05) is 24.3 Å². The fourth-order valence-corrected chi connectivity index (χ4v) is 7.97. The summed E-state index contributed by atoms with van der Waals surface area (Å²) in [6, 6.07) is 13.0. The number of amides is 1. The standard InChI is InChI=1S/C21H24N2O5S3/c1-15-10-12-23(19-4-2-3-5-20(19)29-15)21(24)16-6-8-18(9-7-16)31(27,28)22-17-11-13-30(25,26)14-17/h2-9,15,17,22H,10-14H2,1H3/t15-,17-/m1/s1. The zero-order valence-electron chi connectivity index (χ0n) is 17.0. The van der Waals surface area contributed by atoms with E-state index in [1.165, 1.54) is 24.3 Å². The number of sulfonamides is 1. The maximum absolute atomic E-state index is 13.2. The van der Waals surface area contributed by atoms with Crippen molar-refractivity contribution in [2.24, 2.45) is 0 Å². The SMILES string of the molecule is C[C@@H]1CCN(C(=O)c2ccc(S(=O)(=O)N[C@@H]3CCS(=O)(=O)C3)cc2)c2ccccc2S1. The van der Waals surface area contributed by atoms with Gasteiger partial charge in [0, 0.05) is 28.3 Å². The molecule has 0 radical (unpaired) electrons. The Hall–Kier alpha value is -1.88. The first-order valence-corrected chi connectivity index (χ1v) is 14.2. The van der Waals surface area contributed by atoms with Gasteiger partial charge in [-0.2, -0.15) is 0 Å². The van der Waals surface area contributed by atoms with Crippen LogP contribution in [0.2, 0.25) is 0 Å². The molecule has 0 aromatic heterocycles. The van der Waals surface area contributed by atoms with Gasteiger partial charge < -0.3 is 4.90 Å². The number of thioether (sulfide) groups is 1. The molecule has 1 fully saturated rings. The molecule has 1 N–H and O–H groups in total. The lowest BCUT2D eigenvalue weighted by Crippen LogP contribution is -2.35. The fourth-order valence-electron chi connectivity index (χ4n) is 3.81. The van der Waals surface area contributed by atoms with Crippen molar-refractivity contribution in [2.45, 2.75) is 40.8 Å². The van der Waals surface area contributed by atoms with Crippen molar-refractivity contribution in [3.05, 3.63) is 54.1 Å². The number of para-hydroxylation sites is 1. The van der Waals surface area contributed by atoms with Gasteiger partial charge in [-0.1, -0.05) is 19.1 Å². The smallest absolute Gasteiger partial charge is 0.258 e. The van der Waals surface area contributed by atoms with Crippen LogP contribution in [0.25, 0.3) is 0 Å². The maximum atomic E-state index is 13.2. The normalized spacial score (nSPS) is 23.2. The molecular weight excluding hydrogens is 456 g/mol. The topological polar surface area (TPSA) is 101 Å². The van der Waals surface area contributed by atoms with Gasteiger partial charge in [0.15, 0.2) is 9.84 Å². The van der Waals surface area contributed by atoms with Gasteiger partial charge in [-0.3, -0.25) is 4.79 Å². The number of carbonyl (C=O) groups is 1. The van der Waals surface area contributed by atoms with Crippen molar-refractivity contribution in [3.63, 3.8) is 0 Å². The van der Waals surface area contributed by atoms with Gasteiger partial charge in [0.2, 0.25) is 10.0 Å². The van der Waals surface area contributed by atoms with Crippen molar-refractivity contribution in [1.29, 1.82) is 0 Å². The molecule has 0 saturated carbocycles. The van der Waals surface area contributed by atoms with Crippen LogP contribution in [0.1, 0.15) is 30.1 Å². The van der Waals surface area contributed by atoms with Crippen LogP contribution in [0.5, 0.6) is 0 Å². The third kappa shape index (κ3) is 4.97. The number of fused-ring (bicyclic) bond motifs is 1. The van der Waals surface area contributed by atoms with E-state index in [4.69, 9.17) is 0 Å². The maximum Gasteiger partial charge on any atom is 0.258 e. The van der Waals surface area contributed by atoms with Crippen molar-refractivity contribution >= 4 is 43.2 Å². The number of carbonyl (C=O) groups excluding carboxylic acids is 1. The molecule has 166 valence electrons. The average molecular weight is 481 g/mol. The minimum atomic E-state index is -3.87. The second kappa shape index (κ2) is 8.57. The summed E-state index contributed by atoms with van der Waals surface area (Å²) in [6.07, 6.45) is 1.12. The molecule has 0 unspecified atom stereocenters. The Morgan fingerprint density at radius 3 is 2.48 bits per heavy atom. The number of hydrogen-bond acceptors (Lipinski definition) is 6. The highest BCUT2D eigenvalue weighted by Gasteiger charge is 2.31. The van der Waals surface area contributed by atoms with Gasteiger partial charge in [0.25, 0.3) is 5.91 Å². The first-order valence-electron chi connectivity index (χ1n) is 10.0. The van der Waals surface area contributed by atoms with Crippen LogP contribution in [0, 0.1) is 0 Å². The summed E-state index contributed by atoms with van der Waals surface area (Å²) in [5, 5.41) is 0.386. The van der Waals surface area contributed by atoms with E-state index in [-0.39, 0.29) is 28.7 Å². The molecule has 2 aromatic carbocycles. The first kappa shape index (κ1) is 22.3. The molecule has 2 aliphatic rings. The first-order chi connectivity index (χ1) is 14.6. The number of benzene rings is 2. The molecule has 0 spiro atoms. The Morgan fingerprint density at radius 2 is 1.81 bits per heavy atom. The molecule has 4 rings (SSSR count). The van der Waals surface area contributed by atoms with Crippen molar-refractivity contribution in [1.82, 2.24) is 4.72 Å². The minimum absolute atomic E-state index is 0.00814.